The Morgan fingerprint density at radius 2 is 0.965 bits per heavy atom. The minimum atomic E-state index is 0.528. The molecule has 6 heteroatoms. The number of hydrogen-bond donors (Lipinski definition) is 0. The van der Waals surface area contributed by atoms with Crippen molar-refractivity contribution in [2.45, 2.75) is 0 Å². The minimum Gasteiger partial charge on any atom is -0.456 e. The van der Waals surface area contributed by atoms with Crippen LogP contribution in [0.15, 0.2) is 191 Å². The molecule has 8 aromatic carbocycles. The largest absolute Gasteiger partial charge is 0.456 e. The number of benzene rings is 8. The molecule has 0 unspecified atom stereocenters. The number of para-hydroxylation sites is 3. The Balaban J connectivity index is 1.09. The molecule has 6 nitrogen and oxygen atoms in total. The van der Waals surface area contributed by atoms with E-state index in [4.69, 9.17) is 23.8 Å². The second-order valence-electron chi connectivity index (χ2n) is 14.4. The lowest BCUT2D eigenvalue weighted by molar-refractivity contribution is 0.669. The van der Waals surface area contributed by atoms with E-state index in [-0.39, 0.29) is 0 Å². The fraction of sp³-hybridized carbons (Fsp3) is 0. The molecule has 57 heavy (non-hydrogen) atoms. The molecule has 0 aliphatic rings. The van der Waals surface area contributed by atoms with E-state index in [0.717, 1.165) is 93.6 Å². The summed E-state index contributed by atoms with van der Waals surface area (Å²) < 4.78 is 15.7. The van der Waals surface area contributed by atoms with Gasteiger partial charge in [-0.15, -0.1) is 0 Å². The van der Waals surface area contributed by atoms with Gasteiger partial charge in [0.15, 0.2) is 23.1 Å². The molecule has 0 aliphatic carbocycles. The van der Waals surface area contributed by atoms with Gasteiger partial charge in [0.1, 0.15) is 16.7 Å². The molecular formula is C51H30N4O2. The molecule has 4 aromatic heterocycles. The molecule has 0 aliphatic heterocycles. The van der Waals surface area contributed by atoms with Gasteiger partial charge in [0, 0.05) is 49.1 Å². The van der Waals surface area contributed by atoms with Crippen molar-refractivity contribution in [2.75, 3.05) is 0 Å². The number of hydrogen-bond acceptors (Lipinski definition) is 5. The van der Waals surface area contributed by atoms with Gasteiger partial charge in [-0.3, -0.25) is 0 Å². The zero-order chi connectivity index (χ0) is 37.5. The van der Waals surface area contributed by atoms with E-state index < -0.39 is 0 Å². The molecule has 12 aromatic rings. The van der Waals surface area contributed by atoms with Crippen LogP contribution in [0.4, 0.5) is 0 Å². The summed E-state index contributed by atoms with van der Waals surface area (Å²) >= 11 is 0. The highest BCUT2D eigenvalue weighted by molar-refractivity contribution is 6.22. The molecule has 0 radical (unpaired) electrons. The topological polar surface area (TPSA) is 69.9 Å². The monoisotopic (exact) mass is 730 g/mol. The summed E-state index contributed by atoms with van der Waals surface area (Å²) in [5.41, 5.74) is 11.2. The Morgan fingerprint density at radius 3 is 1.82 bits per heavy atom. The molecule has 0 N–H and O–H groups in total. The van der Waals surface area contributed by atoms with Crippen molar-refractivity contribution < 1.29 is 8.83 Å². The third-order valence-electron chi connectivity index (χ3n) is 11.1. The third-order valence-corrected chi connectivity index (χ3v) is 11.1. The van der Waals surface area contributed by atoms with Gasteiger partial charge in [0.05, 0.1) is 16.6 Å². The second-order valence-corrected chi connectivity index (χ2v) is 14.4. The van der Waals surface area contributed by atoms with Crippen LogP contribution in [0, 0.1) is 0 Å². The van der Waals surface area contributed by atoms with E-state index in [1.165, 1.54) is 5.56 Å². The quantitative estimate of drug-likeness (QED) is 0.176. The Kier molecular flexibility index (Phi) is 6.83. The van der Waals surface area contributed by atoms with Gasteiger partial charge in [0.25, 0.3) is 0 Å². The van der Waals surface area contributed by atoms with Crippen LogP contribution in [0.2, 0.25) is 0 Å². The Morgan fingerprint density at radius 1 is 0.351 bits per heavy atom. The number of aromatic nitrogens is 4. The molecule has 0 saturated carbocycles. The van der Waals surface area contributed by atoms with Crippen molar-refractivity contribution in [3.63, 3.8) is 0 Å². The predicted octanol–water partition coefficient (Wildman–Crippen LogP) is 13.4. The van der Waals surface area contributed by atoms with E-state index in [1.807, 2.05) is 66.7 Å². The lowest BCUT2D eigenvalue weighted by Gasteiger charge is -2.10. The Labute approximate surface area is 325 Å². The van der Waals surface area contributed by atoms with Crippen molar-refractivity contribution >= 4 is 65.7 Å². The minimum absolute atomic E-state index is 0.528. The maximum Gasteiger partial charge on any atom is 0.167 e. The van der Waals surface area contributed by atoms with Crippen LogP contribution in [-0.4, -0.2) is 19.5 Å². The van der Waals surface area contributed by atoms with Crippen LogP contribution in [0.1, 0.15) is 0 Å². The van der Waals surface area contributed by atoms with Crippen LogP contribution >= 0.6 is 0 Å². The van der Waals surface area contributed by atoms with Gasteiger partial charge in [-0.05, 0) is 59.7 Å². The molecule has 12 rings (SSSR count). The Hall–Kier alpha value is -7.83. The van der Waals surface area contributed by atoms with Crippen molar-refractivity contribution in [1.29, 1.82) is 0 Å². The fourth-order valence-electron chi connectivity index (χ4n) is 8.41. The van der Waals surface area contributed by atoms with Gasteiger partial charge in [-0.2, -0.15) is 0 Å². The number of furan rings is 2. The number of rotatable bonds is 5. The first-order chi connectivity index (χ1) is 28.2. The highest BCUT2D eigenvalue weighted by Crippen LogP contribution is 2.43. The second kappa shape index (κ2) is 12.3. The number of fused-ring (bicyclic) bond motifs is 10. The molecule has 0 spiro atoms. The van der Waals surface area contributed by atoms with E-state index >= 15 is 0 Å². The standard InChI is InChI=1S/C51H30N4O2/c1-3-13-31(14-4-1)33-17-11-18-35(29-33)55-43-23-9-7-19-36(43)39-27-28-41-40-21-12-22-42(47(40)57-48(41)46(39)55)51-53-49(32-15-5-2-6-16-32)52-50(54-51)34-25-26-38-37-20-8-10-24-44(37)56-45(38)30-34/h1-30H. The maximum absolute atomic E-state index is 7.10. The third kappa shape index (κ3) is 4.94. The zero-order valence-corrected chi connectivity index (χ0v) is 30.4. The van der Waals surface area contributed by atoms with Gasteiger partial charge >= 0.3 is 0 Å². The average molecular weight is 731 g/mol. The fourth-order valence-corrected chi connectivity index (χ4v) is 8.41. The first kappa shape index (κ1) is 31.5. The van der Waals surface area contributed by atoms with Crippen LogP contribution in [-0.2, 0) is 0 Å². The summed E-state index contributed by atoms with van der Waals surface area (Å²) in [6.07, 6.45) is 0. The SMILES string of the molecule is c1ccc(-c2cccc(-n3c4ccccc4c4ccc5c6cccc(-c7nc(-c8ccccc8)nc(-c8ccc9c(c8)oc8ccccc89)n7)c6oc5c43)c2)cc1. The molecular weight excluding hydrogens is 701 g/mol. The molecule has 0 fully saturated rings. The molecule has 4 heterocycles. The predicted molar refractivity (Wildman–Crippen MR) is 230 cm³/mol. The van der Waals surface area contributed by atoms with Gasteiger partial charge < -0.3 is 13.4 Å². The van der Waals surface area contributed by atoms with Crippen LogP contribution < -0.4 is 0 Å². The summed E-state index contributed by atoms with van der Waals surface area (Å²) in [6.45, 7) is 0. The van der Waals surface area contributed by atoms with Crippen LogP contribution in [0.5, 0.6) is 0 Å². The van der Waals surface area contributed by atoms with Crippen LogP contribution in [0.3, 0.4) is 0 Å². The van der Waals surface area contributed by atoms with E-state index in [1.54, 1.807) is 0 Å². The van der Waals surface area contributed by atoms with Crippen LogP contribution in [0.25, 0.3) is 117 Å². The summed E-state index contributed by atoms with van der Waals surface area (Å²) in [6, 6.07) is 62.7. The van der Waals surface area contributed by atoms with E-state index in [0.29, 0.717) is 17.5 Å². The summed E-state index contributed by atoms with van der Waals surface area (Å²) in [5, 5.41) is 6.43. The van der Waals surface area contributed by atoms with Gasteiger partial charge in [-0.1, -0.05) is 133 Å². The first-order valence-corrected chi connectivity index (χ1v) is 19.0. The summed E-state index contributed by atoms with van der Waals surface area (Å²) in [7, 11) is 0. The average Bonchev–Trinajstić information content (AvgIpc) is 3.96. The first-order valence-electron chi connectivity index (χ1n) is 19.0. The highest BCUT2D eigenvalue weighted by atomic mass is 16.3. The van der Waals surface area contributed by atoms with Crippen molar-refractivity contribution in [3.8, 4) is 51.0 Å². The molecule has 0 bridgehead atoms. The molecule has 0 saturated heterocycles. The molecule has 0 atom stereocenters. The summed E-state index contributed by atoms with van der Waals surface area (Å²) in [4.78, 5) is 15.3. The van der Waals surface area contributed by atoms with Crippen molar-refractivity contribution in [2.24, 2.45) is 0 Å². The Bertz CT molecular complexity index is 3530. The van der Waals surface area contributed by atoms with Crippen molar-refractivity contribution in [3.05, 3.63) is 182 Å². The van der Waals surface area contributed by atoms with E-state index in [2.05, 4.69) is 120 Å². The van der Waals surface area contributed by atoms with Gasteiger partial charge in [0.2, 0.25) is 0 Å². The van der Waals surface area contributed by atoms with Crippen molar-refractivity contribution in [1.82, 2.24) is 19.5 Å². The van der Waals surface area contributed by atoms with Gasteiger partial charge in [-0.25, -0.2) is 15.0 Å². The smallest absolute Gasteiger partial charge is 0.167 e. The lowest BCUT2D eigenvalue weighted by atomic mass is 10.0. The van der Waals surface area contributed by atoms with E-state index in [9.17, 15) is 0 Å². The lowest BCUT2D eigenvalue weighted by Crippen LogP contribution is -2.00. The molecule has 0 amide bonds. The molecule has 266 valence electrons. The summed E-state index contributed by atoms with van der Waals surface area (Å²) in [5.74, 6) is 1.66. The number of nitrogens with zero attached hydrogens (tertiary/aromatic N) is 4. The zero-order valence-electron chi connectivity index (χ0n) is 30.4. The maximum atomic E-state index is 7.10. The normalized spacial score (nSPS) is 11.9. The highest BCUT2D eigenvalue weighted by Gasteiger charge is 2.22.